The normalized spacial score (nSPS) is 24.5. The van der Waals surface area contributed by atoms with Crippen LogP contribution in [0.5, 0.6) is 0 Å². The van der Waals surface area contributed by atoms with E-state index in [1.807, 2.05) is 0 Å². The summed E-state index contributed by atoms with van der Waals surface area (Å²) in [7, 11) is 0. The van der Waals surface area contributed by atoms with Gasteiger partial charge < -0.3 is 15.3 Å². The second kappa shape index (κ2) is 8.68. The van der Waals surface area contributed by atoms with E-state index in [-0.39, 0.29) is 18.7 Å². The number of carbonyl (C=O) groups is 1. The van der Waals surface area contributed by atoms with Crippen molar-refractivity contribution in [3.8, 4) is 0 Å². The van der Waals surface area contributed by atoms with E-state index in [0.717, 1.165) is 31.5 Å². The zero-order valence-corrected chi connectivity index (χ0v) is 15.3. The van der Waals surface area contributed by atoms with E-state index in [9.17, 15) is 9.90 Å². The number of hydrogen-bond donors (Lipinski definition) is 2. The van der Waals surface area contributed by atoms with Crippen LogP contribution in [-0.4, -0.2) is 52.7 Å². The first kappa shape index (κ1) is 18.2. The van der Waals surface area contributed by atoms with Crippen molar-refractivity contribution in [3.05, 3.63) is 35.4 Å². The van der Waals surface area contributed by atoms with Gasteiger partial charge in [-0.15, -0.1) is 0 Å². The first-order valence-electron chi connectivity index (χ1n) is 9.64. The van der Waals surface area contributed by atoms with Gasteiger partial charge in [-0.3, -0.25) is 4.90 Å². The number of likely N-dealkylation sites (tertiary alicyclic amines) is 2. The molecule has 2 N–H and O–H groups in total. The molecule has 2 atom stereocenters. The number of piperidine rings is 1. The van der Waals surface area contributed by atoms with Crippen LogP contribution >= 0.6 is 0 Å². The average Bonchev–Trinajstić information content (AvgIpc) is 3.12. The number of hydrogen-bond acceptors (Lipinski definition) is 3. The number of benzene rings is 1. The number of urea groups is 1. The highest BCUT2D eigenvalue weighted by molar-refractivity contribution is 5.74. The van der Waals surface area contributed by atoms with Crippen molar-refractivity contribution < 1.29 is 9.90 Å². The smallest absolute Gasteiger partial charge is 0.317 e. The molecular weight excluding hydrogens is 314 g/mol. The van der Waals surface area contributed by atoms with Crippen LogP contribution in [0.1, 0.15) is 50.2 Å². The van der Waals surface area contributed by atoms with Crippen LogP contribution in [0.2, 0.25) is 0 Å². The number of rotatable bonds is 5. The Balaban J connectivity index is 1.48. The molecule has 0 spiro atoms. The number of amides is 2. The summed E-state index contributed by atoms with van der Waals surface area (Å²) in [5, 5.41) is 12.3. The number of nitrogens with one attached hydrogen (secondary N) is 1. The maximum Gasteiger partial charge on any atom is 0.317 e. The second-order valence-corrected chi connectivity index (χ2v) is 7.46. The number of nitrogens with zero attached hydrogens (tertiary/aromatic N) is 2. The molecule has 1 aromatic carbocycles. The number of aliphatic hydroxyl groups excluding tert-OH is 1. The van der Waals surface area contributed by atoms with Gasteiger partial charge in [-0.05, 0) is 50.3 Å². The Hall–Kier alpha value is -1.59. The molecule has 1 aromatic rings. The largest absolute Gasteiger partial charge is 0.394 e. The summed E-state index contributed by atoms with van der Waals surface area (Å²) < 4.78 is 0. The van der Waals surface area contributed by atoms with Crippen molar-refractivity contribution in [2.45, 2.75) is 64.2 Å². The predicted molar refractivity (Wildman–Crippen MR) is 99.2 cm³/mol. The Morgan fingerprint density at radius 3 is 2.60 bits per heavy atom. The molecule has 0 bridgehead atoms. The molecule has 2 saturated heterocycles. The monoisotopic (exact) mass is 345 g/mol. The van der Waals surface area contributed by atoms with Gasteiger partial charge >= 0.3 is 6.03 Å². The molecule has 3 rings (SSSR count). The number of aliphatic hydroxyl groups is 1. The zero-order valence-electron chi connectivity index (χ0n) is 15.3. The van der Waals surface area contributed by atoms with Crippen LogP contribution in [-0.2, 0) is 13.1 Å². The first-order chi connectivity index (χ1) is 12.2. The topological polar surface area (TPSA) is 55.8 Å². The molecule has 5 nitrogen and oxygen atoms in total. The highest BCUT2D eigenvalue weighted by atomic mass is 16.3. The molecule has 0 saturated carbocycles. The Morgan fingerprint density at radius 2 is 1.88 bits per heavy atom. The van der Waals surface area contributed by atoms with Gasteiger partial charge in [0, 0.05) is 25.7 Å². The minimum absolute atomic E-state index is 0.0195. The Morgan fingerprint density at radius 1 is 1.12 bits per heavy atom. The zero-order chi connectivity index (χ0) is 17.6. The summed E-state index contributed by atoms with van der Waals surface area (Å²) >= 11 is 0. The standard InChI is InChI=1S/C20H31N3O2/c1-16-5-2-3-11-22(16)14-18-9-7-17(8-10-18)13-21-20(25)23-12-4-6-19(23)15-24/h7-10,16,19,24H,2-6,11-15H2,1H3,(H,21,25). The fraction of sp³-hybridized carbons (Fsp3) is 0.650. The van der Waals surface area contributed by atoms with Gasteiger partial charge in [-0.2, -0.15) is 0 Å². The van der Waals surface area contributed by atoms with E-state index in [4.69, 9.17) is 0 Å². The maximum atomic E-state index is 12.3. The molecule has 2 heterocycles. The van der Waals surface area contributed by atoms with Crippen molar-refractivity contribution in [1.29, 1.82) is 0 Å². The fourth-order valence-electron chi connectivity index (χ4n) is 3.96. The Bertz CT molecular complexity index is 561. The summed E-state index contributed by atoms with van der Waals surface area (Å²) in [5.74, 6) is 0. The molecule has 5 heteroatoms. The summed E-state index contributed by atoms with van der Waals surface area (Å²) in [6, 6.07) is 9.16. The molecule has 2 fully saturated rings. The SMILES string of the molecule is CC1CCCCN1Cc1ccc(CNC(=O)N2CCCC2CO)cc1. The minimum atomic E-state index is -0.0669. The van der Waals surface area contributed by atoms with Crippen LogP contribution in [0.4, 0.5) is 4.79 Å². The first-order valence-corrected chi connectivity index (χ1v) is 9.64. The third-order valence-electron chi connectivity index (χ3n) is 5.64. The average molecular weight is 345 g/mol. The van der Waals surface area contributed by atoms with E-state index in [2.05, 4.69) is 41.4 Å². The second-order valence-electron chi connectivity index (χ2n) is 7.46. The molecule has 0 aliphatic carbocycles. The quantitative estimate of drug-likeness (QED) is 0.863. The summed E-state index contributed by atoms with van der Waals surface area (Å²) in [6.07, 6.45) is 5.83. The summed E-state index contributed by atoms with van der Waals surface area (Å²) in [4.78, 5) is 16.6. The summed E-state index contributed by atoms with van der Waals surface area (Å²) in [6.45, 7) is 5.86. The van der Waals surface area contributed by atoms with Crippen molar-refractivity contribution in [2.24, 2.45) is 0 Å². The maximum absolute atomic E-state index is 12.3. The highest BCUT2D eigenvalue weighted by Gasteiger charge is 2.27. The Labute approximate surface area is 151 Å². The molecule has 0 radical (unpaired) electrons. The van der Waals surface area contributed by atoms with Crippen molar-refractivity contribution in [1.82, 2.24) is 15.1 Å². The van der Waals surface area contributed by atoms with Crippen LogP contribution in [0.3, 0.4) is 0 Å². The molecule has 2 unspecified atom stereocenters. The molecule has 138 valence electrons. The van der Waals surface area contributed by atoms with Gasteiger partial charge in [0.1, 0.15) is 0 Å². The molecule has 2 aliphatic heterocycles. The highest BCUT2D eigenvalue weighted by Crippen LogP contribution is 2.19. The predicted octanol–water partition coefficient (Wildman–Crippen LogP) is 2.73. The van der Waals surface area contributed by atoms with Gasteiger partial charge in [-0.1, -0.05) is 30.7 Å². The van der Waals surface area contributed by atoms with Gasteiger partial charge in [0.15, 0.2) is 0 Å². The van der Waals surface area contributed by atoms with Gasteiger partial charge in [0.2, 0.25) is 0 Å². The van der Waals surface area contributed by atoms with Gasteiger partial charge in [-0.25, -0.2) is 4.79 Å². The third-order valence-corrected chi connectivity index (χ3v) is 5.64. The van der Waals surface area contributed by atoms with Crippen LogP contribution < -0.4 is 5.32 Å². The fourth-order valence-corrected chi connectivity index (χ4v) is 3.96. The van der Waals surface area contributed by atoms with Crippen molar-refractivity contribution >= 4 is 6.03 Å². The van der Waals surface area contributed by atoms with Gasteiger partial charge in [0.05, 0.1) is 12.6 Å². The van der Waals surface area contributed by atoms with E-state index in [1.54, 1.807) is 4.90 Å². The molecular formula is C20H31N3O2. The molecule has 25 heavy (non-hydrogen) atoms. The van der Waals surface area contributed by atoms with E-state index in [1.165, 1.54) is 31.4 Å². The molecule has 2 aliphatic rings. The van der Waals surface area contributed by atoms with Gasteiger partial charge in [0.25, 0.3) is 0 Å². The van der Waals surface area contributed by atoms with E-state index in [0.29, 0.717) is 12.6 Å². The van der Waals surface area contributed by atoms with Crippen LogP contribution in [0.15, 0.2) is 24.3 Å². The molecule has 0 aromatic heterocycles. The lowest BCUT2D eigenvalue weighted by atomic mass is 10.0. The minimum Gasteiger partial charge on any atom is -0.394 e. The van der Waals surface area contributed by atoms with Crippen LogP contribution in [0.25, 0.3) is 0 Å². The summed E-state index contributed by atoms with van der Waals surface area (Å²) in [5.41, 5.74) is 2.45. The van der Waals surface area contributed by atoms with E-state index >= 15 is 0 Å². The lowest BCUT2D eigenvalue weighted by Crippen LogP contribution is -2.43. The van der Waals surface area contributed by atoms with Crippen LogP contribution in [0, 0.1) is 0 Å². The van der Waals surface area contributed by atoms with E-state index < -0.39 is 0 Å². The Kier molecular flexibility index (Phi) is 6.32. The number of carbonyl (C=O) groups excluding carboxylic acids is 1. The molecule has 2 amide bonds. The van der Waals surface area contributed by atoms with Crippen molar-refractivity contribution in [3.63, 3.8) is 0 Å². The lowest BCUT2D eigenvalue weighted by Gasteiger charge is -2.33. The lowest BCUT2D eigenvalue weighted by molar-refractivity contribution is 0.152. The van der Waals surface area contributed by atoms with Crippen molar-refractivity contribution in [2.75, 3.05) is 19.7 Å². The third kappa shape index (κ3) is 4.73.